The molecule has 0 aliphatic carbocycles. The maximum Gasteiger partial charge on any atom is 0.193 e. The van der Waals surface area contributed by atoms with Gasteiger partial charge in [-0.05, 0) is 39.7 Å². The number of aryl methyl sites for hydroxylation is 2. The number of aromatic nitrogens is 4. The fourth-order valence-corrected chi connectivity index (χ4v) is 1.76. The lowest BCUT2D eigenvalue weighted by Gasteiger charge is -2.07. The molecule has 1 aromatic carbocycles. The Kier molecular flexibility index (Phi) is 3.19. The Bertz CT molecular complexity index is 494. The highest BCUT2D eigenvalue weighted by atomic mass is 79.9. The lowest BCUT2D eigenvalue weighted by Crippen LogP contribution is -2.03. The summed E-state index contributed by atoms with van der Waals surface area (Å²) in [5.41, 5.74) is 2.23. The topological polar surface area (TPSA) is 55.6 Å². The number of hydrogen-bond acceptors (Lipinski definition) is 4. The van der Waals surface area contributed by atoms with Gasteiger partial charge in [0.25, 0.3) is 0 Å². The molecule has 1 heterocycles. The van der Waals surface area contributed by atoms with Gasteiger partial charge >= 0.3 is 0 Å². The monoisotopic (exact) mass is 281 g/mol. The van der Waals surface area contributed by atoms with Crippen molar-refractivity contribution in [3.05, 3.63) is 34.1 Å². The maximum atomic E-state index is 4.09. The van der Waals surface area contributed by atoms with Crippen LogP contribution in [0.15, 0.2) is 22.7 Å². The fraction of sp³-hybridized carbons (Fsp3) is 0.300. The van der Waals surface area contributed by atoms with Crippen LogP contribution < -0.4 is 5.32 Å². The predicted octanol–water partition coefficient (Wildman–Crippen LogP) is 1.89. The van der Waals surface area contributed by atoms with Gasteiger partial charge in [-0.1, -0.05) is 12.1 Å². The first-order valence-electron chi connectivity index (χ1n) is 4.88. The van der Waals surface area contributed by atoms with Crippen LogP contribution in [0.25, 0.3) is 0 Å². The molecule has 84 valence electrons. The summed E-state index contributed by atoms with van der Waals surface area (Å²) in [7, 11) is 1.75. The normalized spacial score (nSPS) is 10.4. The van der Waals surface area contributed by atoms with Gasteiger partial charge in [0.2, 0.25) is 0 Å². The summed E-state index contributed by atoms with van der Waals surface area (Å²) in [5, 5.41) is 15.0. The summed E-state index contributed by atoms with van der Waals surface area (Å²) in [6, 6.07) is 6.07. The summed E-state index contributed by atoms with van der Waals surface area (Å²) in [6.07, 6.45) is 0. The standard InChI is InChI=1S/C10H12BrN5/c1-7-4-3-5-8(10(7)11)12-6-9-13-15-16(2)14-9/h3-5,12H,6H2,1-2H3. The van der Waals surface area contributed by atoms with E-state index in [1.807, 2.05) is 12.1 Å². The van der Waals surface area contributed by atoms with Crippen molar-refractivity contribution in [2.45, 2.75) is 13.5 Å². The first-order chi connectivity index (χ1) is 7.66. The van der Waals surface area contributed by atoms with Gasteiger partial charge in [0.05, 0.1) is 13.6 Å². The number of tetrazole rings is 1. The Morgan fingerprint density at radius 1 is 1.44 bits per heavy atom. The average Bonchev–Trinajstić information content (AvgIpc) is 2.67. The molecule has 0 atom stereocenters. The smallest absolute Gasteiger partial charge is 0.193 e. The van der Waals surface area contributed by atoms with Crippen LogP contribution in [0, 0.1) is 6.92 Å². The van der Waals surface area contributed by atoms with Gasteiger partial charge in [0, 0.05) is 10.2 Å². The van der Waals surface area contributed by atoms with Crippen LogP contribution in [-0.2, 0) is 13.6 Å². The quantitative estimate of drug-likeness (QED) is 0.934. The van der Waals surface area contributed by atoms with Crippen molar-refractivity contribution < 1.29 is 0 Å². The third kappa shape index (κ3) is 2.38. The first kappa shape index (κ1) is 11.1. The van der Waals surface area contributed by atoms with Crippen LogP contribution in [0.4, 0.5) is 5.69 Å². The van der Waals surface area contributed by atoms with Crippen molar-refractivity contribution in [1.29, 1.82) is 0 Å². The SMILES string of the molecule is Cc1cccc(NCc2nnn(C)n2)c1Br. The van der Waals surface area contributed by atoms with E-state index in [1.165, 1.54) is 10.4 Å². The lowest BCUT2D eigenvalue weighted by atomic mass is 10.2. The maximum absolute atomic E-state index is 4.09. The van der Waals surface area contributed by atoms with Gasteiger partial charge in [-0.15, -0.1) is 10.2 Å². The number of benzene rings is 1. The van der Waals surface area contributed by atoms with Crippen molar-refractivity contribution in [3.8, 4) is 0 Å². The van der Waals surface area contributed by atoms with Crippen LogP contribution >= 0.6 is 15.9 Å². The van der Waals surface area contributed by atoms with E-state index in [-0.39, 0.29) is 0 Å². The molecule has 5 nitrogen and oxygen atoms in total. The Morgan fingerprint density at radius 3 is 2.94 bits per heavy atom. The summed E-state index contributed by atoms with van der Waals surface area (Å²) in [5.74, 6) is 0.677. The van der Waals surface area contributed by atoms with E-state index < -0.39 is 0 Å². The minimum absolute atomic E-state index is 0.565. The van der Waals surface area contributed by atoms with Crippen molar-refractivity contribution >= 4 is 21.6 Å². The van der Waals surface area contributed by atoms with E-state index in [0.29, 0.717) is 12.4 Å². The zero-order chi connectivity index (χ0) is 11.5. The highest BCUT2D eigenvalue weighted by Gasteiger charge is 2.04. The average molecular weight is 282 g/mol. The van der Waals surface area contributed by atoms with E-state index in [0.717, 1.165) is 10.2 Å². The van der Waals surface area contributed by atoms with Gasteiger partial charge in [0.15, 0.2) is 5.82 Å². The number of nitrogens with zero attached hydrogens (tertiary/aromatic N) is 4. The van der Waals surface area contributed by atoms with Gasteiger partial charge in [-0.25, -0.2) is 0 Å². The molecule has 0 aliphatic rings. The van der Waals surface area contributed by atoms with E-state index in [4.69, 9.17) is 0 Å². The van der Waals surface area contributed by atoms with Crippen LogP contribution in [0.1, 0.15) is 11.4 Å². The molecule has 1 N–H and O–H groups in total. The second-order valence-corrected chi connectivity index (χ2v) is 4.28. The fourth-order valence-electron chi connectivity index (χ4n) is 1.35. The molecular weight excluding hydrogens is 270 g/mol. The molecule has 1 aromatic heterocycles. The van der Waals surface area contributed by atoms with Crippen molar-refractivity contribution in [2.75, 3.05) is 5.32 Å². The molecule has 0 aliphatic heterocycles. The minimum atomic E-state index is 0.565. The number of nitrogens with one attached hydrogen (secondary N) is 1. The van der Waals surface area contributed by atoms with Crippen LogP contribution in [0.3, 0.4) is 0 Å². The van der Waals surface area contributed by atoms with E-state index in [1.54, 1.807) is 7.05 Å². The molecule has 2 rings (SSSR count). The molecule has 0 fully saturated rings. The summed E-state index contributed by atoms with van der Waals surface area (Å²) in [4.78, 5) is 1.45. The van der Waals surface area contributed by atoms with Crippen LogP contribution in [-0.4, -0.2) is 20.2 Å². The lowest BCUT2D eigenvalue weighted by molar-refractivity contribution is 0.628. The largest absolute Gasteiger partial charge is 0.377 e. The zero-order valence-corrected chi connectivity index (χ0v) is 10.7. The summed E-state index contributed by atoms with van der Waals surface area (Å²) < 4.78 is 1.07. The Hall–Kier alpha value is -1.43. The molecule has 6 heteroatoms. The van der Waals surface area contributed by atoms with E-state index in [2.05, 4.69) is 49.6 Å². The van der Waals surface area contributed by atoms with Crippen molar-refractivity contribution in [1.82, 2.24) is 20.2 Å². The zero-order valence-electron chi connectivity index (χ0n) is 9.11. The van der Waals surface area contributed by atoms with Gasteiger partial charge < -0.3 is 5.32 Å². The minimum Gasteiger partial charge on any atom is -0.377 e. The second kappa shape index (κ2) is 4.61. The molecule has 16 heavy (non-hydrogen) atoms. The van der Waals surface area contributed by atoms with Gasteiger partial charge in [-0.3, -0.25) is 0 Å². The number of halogens is 1. The molecule has 0 radical (unpaired) electrons. The first-order valence-corrected chi connectivity index (χ1v) is 5.68. The Morgan fingerprint density at radius 2 is 2.25 bits per heavy atom. The van der Waals surface area contributed by atoms with Crippen LogP contribution in [0.2, 0.25) is 0 Å². The molecule has 0 spiro atoms. The third-order valence-corrected chi connectivity index (χ3v) is 3.23. The molecular formula is C10H12BrN5. The molecule has 0 saturated carbocycles. The summed E-state index contributed by atoms with van der Waals surface area (Å²) >= 11 is 3.53. The van der Waals surface area contributed by atoms with Crippen molar-refractivity contribution in [3.63, 3.8) is 0 Å². The molecule has 0 unspecified atom stereocenters. The van der Waals surface area contributed by atoms with Gasteiger partial charge in [-0.2, -0.15) is 4.80 Å². The van der Waals surface area contributed by atoms with E-state index >= 15 is 0 Å². The highest BCUT2D eigenvalue weighted by Crippen LogP contribution is 2.25. The molecule has 2 aromatic rings. The van der Waals surface area contributed by atoms with Gasteiger partial charge in [0.1, 0.15) is 0 Å². The molecule has 0 saturated heterocycles. The van der Waals surface area contributed by atoms with E-state index in [9.17, 15) is 0 Å². The highest BCUT2D eigenvalue weighted by molar-refractivity contribution is 9.10. The molecule has 0 bridgehead atoms. The van der Waals surface area contributed by atoms with Crippen LogP contribution in [0.5, 0.6) is 0 Å². The number of hydrogen-bond donors (Lipinski definition) is 1. The summed E-state index contributed by atoms with van der Waals surface area (Å²) in [6.45, 7) is 2.62. The molecule has 0 amide bonds. The van der Waals surface area contributed by atoms with Crippen molar-refractivity contribution in [2.24, 2.45) is 7.05 Å². The number of rotatable bonds is 3. The third-order valence-electron chi connectivity index (χ3n) is 2.18. The number of anilines is 1. The Balaban J connectivity index is 2.07. The Labute approximate surface area is 102 Å². The predicted molar refractivity (Wildman–Crippen MR) is 65.0 cm³/mol. The second-order valence-electron chi connectivity index (χ2n) is 3.49.